The van der Waals surface area contributed by atoms with Gasteiger partial charge in [-0.25, -0.2) is 4.79 Å². The summed E-state index contributed by atoms with van der Waals surface area (Å²) in [6, 6.07) is 0. The standard InChI is InChI=1S/C26H37NO4/c1-7-26(31-22(30)27-23(2,3)4)13-10-19-17-15-21(29)20-14-16(28)8-11-24(20,5)18(17)9-12-25(19,26)6/h8,11,14,17-19H,7,9-10,12-13,15H2,1-6H3,(H,27,30)/t17-,18+,19+,24-,25+,26-/m1/s1. The number of ether oxygens (including phenoxy) is 1. The number of allylic oxidation sites excluding steroid dienone is 4. The first-order valence-corrected chi connectivity index (χ1v) is 11.8. The van der Waals surface area contributed by atoms with E-state index >= 15 is 0 Å². The molecule has 0 aromatic rings. The largest absolute Gasteiger partial charge is 0.442 e. The smallest absolute Gasteiger partial charge is 0.408 e. The molecule has 5 nitrogen and oxygen atoms in total. The number of hydrogen-bond acceptors (Lipinski definition) is 4. The maximum absolute atomic E-state index is 13.1. The van der Waals surface area contributed by atoms with Crippen LogP contribution in [0.15, 0.2) is 23.8 Å². The van der Waals surface area contributed by atoms with E-state index in [0.717, 1.165) is 32.1 Å². The zero-order chi connectivity index (χ0) is 22.8. The third-order valence-corrected chi connectivity index (χ3v) is 9.02. The van der Waals surface area contributed by atoms with E-state index in [4.69, 9.17) is 4.74 Å². The van der Waals surface area contributed by atoms with E-state index in [1.165, 1.54) is 0 Å². The number of rotatable bonds is 2. The van der Waals surface area contributed by atoms with Crippen molar-refractivity contribution in [2.45, 2.75) is 91.2 Å². The molecule has 3 fully saturated rings. The number of Topliss-reactive ketones (excluding diaryl/α,β-unsaturated/α-hetero) is 1. The summed E-state index contributed by atoms with van der Waals surface area (Å²) >= 11 is 0. The fourth-order valence-electron chi connectivity index (χ4n) is 7.46. The van der Waals surface area contributed by atoms with E-state index < -0.39 is 5.60 Å². The molecule has 170 valence electrons. The maximum atomic E-state index is 13.1. The minimum atomic E-state index is -0.504. The van der Waals surface area contributed by atoms with Gasteiger partial charge >= 0.3 is 6.09 Å². The van der Waals surface area contributed by atoms with Crippen molar-refractivity contribution in [1.82, 2.24) is 5.32 Å². The molecule has 0 aromatic heterocycles. The van der Waals surface area contributed by atoms with Gasteiger partial charge in [-0.1, -0.05) is 26.8 Å². The highest BCUT2D eigenvalue weighted by Crippen LogP contribution is 2.67. The van der Waals surface area contributed by atoms with Crippen molar-refractivity contribution >= 4 is 17.7 Å². The van der Waals surface area contributed by atoms with Gasteiger partial charge in [-0.05, 0) is 82.8 Å². The topological polar surface area (TPSA) is 72.5 Å². The number of carbonyl (C=O) groups is 3. The van der Waals surface area contributed by atoms with Gasteiger partial charge in [0.15, 0.2) is 11.6 Å². The van der Waals surface area contributed by atoms with Crippen LogP contribution in [-0.4, -0.2) is 28.8 Å². The lowest BCUT2D eigenvalue weighted by molar-refractivity contribution is -0.140. The molecule has 4 aliphatic rings. The third kappa shape index (κ3) is 3.30. The van der Waals surface area contributed by atoms with Crippen LogP contribution >= 0.6 is 0 Å². The molecule has 1 amide bonds. The van der Waals surface area contributed by atoms with Gasteiger partial charge in [-0.15, -0.1) is 0 Å². The van der Waals surface area contributed by atoms with Crippen molar-refractivity contribution in [1.29, 1.82) is 0 Å². The maximum Gasteiger partial charge on any atom is 0.408 e. The van der Waals surface area contributed by atoms with Crippen molar-refractivity contribution in [2.75, 3.05) is 0 Å². The molecule has 0 heterocycles. The molecule has 0 saturated heterocycles. The van der Waals surface area contributed by atoms with Gasteiger partial charge in [0.1, 0.15) is 5.60 Å². The molecule has 0 aliphatic heterocycles. The summed E-state index contributed by atoms with van der Waals surface area (Å²) in [5.74, 6) is 0.973. The van der Waals surface area contributed by atoms with E-state index in [-0.39, 0.29) is 39.9 Å². The number of nitrogens with one attached hydrogen (secondary N) is 1. The molecule has 0 aromatic carbocycles. The van der Waals surface area contributed by atoms with Crippen LogP contribution in [-0.2, 0) is 14.3 Å². The van der Waals surface area contributed by atoms with Crippen LogP contribution < -0.4 is 5.32 Å². The first-order valence-electron chi connectivity index (χ1n) is 11.8. The van der Waals surface area contributed by atoms with E-state index in [1.54, 1.807) is 12.2 Å². The Bertz CT molecular complexity index is 880. The van der Waals surface area contributed by atoms with E-state index in [9.17, 15) is 14.4 Å². The molecule has 0 unspecified atom stereocenters. The highest BCUT2D eigenvalue weighted by Gasteiger charge is 2.66. The van der Waals surface area contributed by atoms with Gasteiger partial charge in [0.25, 0.3) is 0 Å². The molecule has 5 heteroatoms. The van der Waals surface area contributed by atoms with E-state index in [0.29, 0.717) is 23.8 Å². The van der Waals surface area contributed by atoms with E-state index in [1.807, 2.05) is 26.8 Å². The SMILES string of the molecule is CC[C@@]1(OC(=O)NC(C)(C)C)CC[C@H]2[C@@H]3CC(=O)C4=CC(=O)C=C[C@]4(C)[C@H]3CC[C@@]21C. The summed E-state index contributed by atoms with van der Waals surface area (Å²) in [7, 11) is 0. The molecular weight excluding hydrogens is 390 g/mol. The zero-order valence-corrected chi connectivity index (χ0v) is 19.8. The number of amides is 1. The second kappa shape index (κ2) is 7.05. The summed E-state index contributed by atoms with van der Waals surface area (Å²) in [6.45, 7) is 12.4. The van der Waals surface area contributed by atoms with Gasteiger partial charge in [0.05, 0.1) is 0 Å². The van der Waals surface area contributed by atoms with Gasteiger partial charge in [0.2, 0.25) is 0 Å². The Labute approximate surface area is 186 Å². The second-order valence-electron chi connectivity index (χ2n) is 11.7. The number of ketones is 2. The first kappa shape index (κ1) is 22.3. The third-order valence-electron chi connectivity index (χ3n) is 9.02. The lowest BCUT2D eigenvalue weighted by Crippen LogP contribution is -2.57. The fraction of sp³-hybridized carbons (Fsp3) is 0.731. The summed E-state index contributed by atoms with van der Waals surface area (Å²) < 4.78 is 6.24. The second-order valence-corrected chi connectivity index (χ2v) is 11.7. The monoisotopic (exact) mass is 427 g/mol. The highest BCUT2D eigenvalue weighted by atomic mass is 16.6. The number of fused-ring (bicyclic) bond motifs is 5. The fourth-order valence-corrected chi connectivity index (χ4v) is 7.46. The van der Waals surface area contributed by atoms with Crippen LogP contribution in [0.4, 0.5) is 4.79 Å². The lowest BCUT2D eigenvalue weighted by atomic mass is 9.47. The summed E-state index contributed by atoms with van der Waals surface area (Å²) in [4.78, 5) is 37.9. The van der Waals surface area contributed by atoms with Gasteiger partial charge in [-0.2, -0.15) is 0 Å². The minimum absolute atomic E-state index is 0.0796. The predicted octanol–water partition coefficient (Wildman–Crippen LogP) is 5.15. The molecule has 4 rings (SSSR count). The van der Waals surface area contributed by atoms with Crippen molar-refractivity contribution in [2.24, 2.45) is 28.6 Å². The Morgan fingerprint density at radius 3 is 2.48 bits per heavy atom. The van der Waals surface area contributed by atoms with Gasteiger partial charge in [-0.3, -0.25) is 9.59 Å². The Morgan fingerprint density at radius 2 is 1.84 bits per heavy atom. The quantitative estimate of drug-likeness (QED) is 0.662. The zero-order valence-electron chi connectivity index (χ0n) is 19.8. The molecule has 4 aliphatic carbocycles. The van der Waals surface area contributed by atoms with Crippen LogP contribution in [0.3, 0.4) is 0 Å². The Kier molecular flexibility index (Phi) is 5.07. The average molecular weight is 428 g/mol. The van der Waals surface area contributed by atoms with Crippen LogP contribution in [0.1, 0.15) is 80.1 Å². The first-order chi connectivity index (χ1) is 14.4. The van der Waals surface area contributed by atoms with Crippen LogP contribution in [0.5, 0.6) is 0 Å². The van der Waals surface area contributed by atoms with Crippen LogP contribution in [0.25, 0.3) is 0 Å². The number of carbonyl (C=O) groups excluding carboxylic acids is 3. The van der Waals surface area contributed by atoms with Crippen LogP contribution in [0, 0.1) is 28.6 Å². The molecule has 31 heavy (non-hydrogen) atoms. The summed E-state index contributed by atoms with van der Waals surface area (Å²) in [5.41, 5.74) is -0.663. The van der Waals surface area contributed by atoms with Crippen molar-refractivity contribution in [3.63, 3.8) is 0 Å². The Balaban J connectivity index is 1.65. The van der Waals surface area contributed by atoms with Crippen molar-refractivity contribution in [3.05, 3.63) is 23.8 Å². The molecule has 0 bridgehead atoms. The molecule has 6 atom stereocenters. The van der Waals surface area contributed by atoms with E-state index in [2.05, 4.69) is 26.1 Å². The molecule has 0 spiro atoms. The lowest BCUT2D eigenvalue weighted by Gasteiger charge is -2.58. The predicted molar refractivity (Wildman–Crippen MR) is 119 cm³/mol. The normalized spacial score (nSPS) is 41.7. The van der Waals surface area contributed by atoms with Gasteiger partial charge < -0.3 is 10.1 Å². The Hall–Kier alpha value is -1.91. The molecule has 3 saturated carbocycles. The summed E-state index contributed by atoms with van der Waals surface area (Å²) in [6.07, 6.45) is 9.88. The van der Waals surface area contributed by atoms with Gasteiger partial charge in [0, 0.05) is 28.4 Å². The number of hydrogen-bond donors (Lipinski definition) is 1. The van der Waals surface area contributed by atoms with Crippen LogP contribution in [0.2, 0.25) is 0 Å². The minimum Gasteiger partial charge on any atom is -0.442 e. The van der Waals surface area contributed by atoms with Crippen molar-refractivity contribution in [3.8, 4) is 0 Å². The molecule has 0 radical (unpaired) electrons. The highest BCUT2D eigenvalue weighted by molar-refractivity contribution is 6.10. The average Bonchev–Trinajstić information content (AvgIpc) is 2.95. The molecule has 1 N–H and O–H groups in total. The number of alkyl carbamates (subject to hydrolysis) is 1. The Morgan fingerprint density at radius 1 is 1.16 bits per heavy atom. The van der Waals surface area contributed by atoms with Crippen molar-refractivity contribution < 1.29 is 19.1 Å². The summed E-state index contributed by atoms with van der Waals surface area (Å²) in [5, 5.41) is 2.96. The molecular formula is C26H37NO4.